The third-order valence-electron chi connectivity index (χ3n) is 8.03. The maximum atomic E-state index is 13.1. The molecule has 1 aromatic carbocycles. The van der Waals surface area contributed by atoms with Gasteiger partial charge in [-0.25, -0.2) is 4.98 Å². The van der Waals surface area contributed by atoms with Crippen LogP contribution in [-0.2, 0) is 4.79 Å². The number of carbonyl (C=O) groups is 2. The number of fused-ring (bicyclic) bond motifs is 1. The monoisotopic (exact) mass is 557 g/mol. The fourth-order valence-electron chi connectivity index (χ4n) is 5.86. The van der Waals surface area contributed by atoms with Gasteiger partial charge >= 0.3 is 0 Å². The van der Waals surface area contributed by atoms with Crippen LogP contribution in [0, 0.1) is 17.2 Å². The van der Waals surface area contributed by atoms with E-state index in [2.05, 4.69) is 35.8 Å². The first-order chi connectivity index (χ1) is 19.9. The predicted molar refractivity (Wildman–Crippen MR) is 155 cm³/mol. The van der Waals surface area contributed by atoms with Gasteiger partial charge in [0.2, 0.25) is 17.4 Å². The van der Waals surface area contributed by atoms with E-state index in [0.29, 0.717) is 29.2 Å². The summed E-state index contributed by atoms with van der Waals surface area (Å²) in [4.78, 5) is 40.5. The van der Waals surface area contributed by atoms with Crippen molar-refractivity contribution in [2.75, 3.05) is 26.2 Å². The number of carbonyl (C=O) groups excluding carboxylic acids is 2. The minimum atomic E-state index is -0.397. The molecule has 0 radical (unpaired) electrons. The van der Waals surface area contributed by atoms with E-state index in [-0.39, 0.29) is 23.9 Å². The molecule has 2 aromatic heterocycles. The molecule has 2 N–H and O–H groups in total. The summed E-state index contributed by atoms with van der Waals surface area (Å²) in [7, 11) is 0. The predicted octanol–water partition coefficient (Wildman–Crippen LogP) is 4.10. The van der Waals surface area contributed by atoms with Gasteiger partial charge in [-0.15, -0.1) is 0 Å². The van der Waals surface area contributed by atoms with Gasteiger partial charge in [-0.05, 0) is 89.7 Å². The second-order valence-electron chi connectivity index (χ2n) is 11.4. The number of piperidine rings is 1. The van der Waals surface area contributed by atoms with Gasteiger partial charge in [0, 0.05) is 36.2 Å². The van der Waals surface area contributed by atoms with Crippen LogP contribution in [0.15, 0.2) is 41.5 Å². The van der Waals surface area contributed by atoms with E-state index in [1.54, 1.807) is 30.5 Å². The second-order valence-corrected chi connectivity index (χ2v) is 11.4. The zero-order valence-electron chi connectivity index (χ0n) is 23.9. The van der Waals surface area contributed by atoms with Crippen molar-refractivity contribution in [2.45, 2.75) is 70.9 Å². The Hall–Kier alpha value is -3.97. The quantitative estimate of drug-likeness (QED) is 0.429. The van der Waals surface area contributed by atoms with Crippen LogP contribution in [0.4, 0.5) is 0 Å². The SMILES string of the molecule is CC(C)NC(=O)C1CCC(n2/c(=N/C(=O)c3ccc(C#N)cc3)[nH]c3cnc(OCCN4CCCCC4)cc32)CC1. The van der Waals surface area contributed by atoms with Gasteiger partial charge in [-0.2, -0.15) is 10.3 Å². The number of nitriles is 1. The maximum Gasteiger partial charge on any atom is 0.280 e. The molecule has 3 aromatic rings. The Kier molecular flexibility index (Phi) is 9.14. The molecule has 3 heterocycles. The average molecular weight is 558 g/mol. The smallest absolute Gasteiger partial charge is 0.280 e. The number of rotatable bonds is 8. The van der Waals surface area contributed by atoms with Crippen LogP contribution in [0.5, 0.6) is 5.88 Å². The molecule has 0 unspecified atom stereocenters. The Morgan fingerprint density at radius 1 is 1.15 bits per heavy atom. The van der Waals surface area contributed by atoms with E-state index in [1.165, 1.54) is 19.3 Å². The lowest BCUT2D eigenvalue weighted by Gasteiger charge is -2.29. The number of ether oxygens (including phenoxy) is 1. The van der Waals surface area contributed by atoms with E-state index in [4.69, 9.17) is 10.00 Å². The Labute approximate surface area is 240 Å². The summed E-state index contributed by atoms with van der Waals surface area (Å²) in [6.07, 6.45) is 8.60. The largest absolute Gasteiger partial charge is 0.476 e. The van der Waals surface area contributed by atoms with Crippen molar-refractivity contribution >= 4 is 22.8 Å². The number of benzene rings is 1. The van der Waals surface area contributed by atoms with Crippen molar-refractivity contribution in [2.24, 2.45) is 10.9 Å². The van der Waals surface area contributed by atoms with Crippen LogP contribution >= 0.6 is 0 Å². The van der Waals surface area contributed by atoms with Crippen LogP contribution in [0.3, 0.4) is 0 Å². The molecular weight excluding hydrogens is 518 g/mol. The summed E-state index contributed by atoms with van der Waals surface area (Å²) in [6, 6.07) is 10.6. The lowest BCUT2D eigenvalue weighted by Crippen LogP contribution is -2.38. The number of aromatic nitrogens is 3. The number of amides is 2. The van der Waals surface area contributed by atoms with E-state index in [0.717, 1.165) is 56.4 Å². The molecule has 10 nitrogen and oxygen atoms in total. The summed E-state index contributed by atoms with van der Waals surface area (Å²) < 4.78 is 8.15. The molecular formula is C31H39N7O3. The number of likely N-dealkylation sites (tertiary alicyclic amines) is 1. The topological polar surface area (TPSA) is 128 Å². The number of hydrogen-bond donors (Lipinski definition) is 2. The summed E-state index contributed by atoms with van der Waals surface area (Å²) >= 11 is 0. The molecule has 216 valence electrons. The van der Waals surface area contributed by atoms with Gasteiger partial charge in [0.05, 0.1) is 28.9 Å². The highest BCUT2D eigenvalue weighted by atomic mass is 16.5. The number of nitrogens with zero attached hydrogens (tertiary/aromatic N) is 5. The van der Waals surface area contributed by atoms with Crippen LogP contribution in [0.25, 0.3) is 11.0 Å². The first kappa shape index (κ1) is 28.6. The molecule has 5 rings (SSSR count). The molecule has 10 heteroatoms. The summed E-state index contributed by atoms with van der Waals surface area (Å²) in [6.45, 7) is 7.62. The normalized spacial score (nSPS) is 20.2. The van der Waals surface area contributed by atoms with Gasteiger partial charge in [-0.3, -0.25) is 14.5 Å². The van der Waals surface area contributed by atoms with Gasteiger partial charge in [0.15, 0.2) is 0 Å². The maximum absolute atomic E-state index is 13.1. The lowest BCUT2D eigenvalue weighted by molar-refractivity contribution is -0.126. The van der Waals surface area contributed by atoms with Crippen LogP contribution in [0.2, 0.25) is 0 Å². The number of nitrogens with one attached hydrogen (secondary N) is 2. The Morgan fingerprint density at radius 2 is 1.88 bits per heavy atom. The molecule has 2 aliphatic rings. The molecule has 1 saturated carbocycles. The lowest BCUT2D eigenvalue weighted by atomic mass is 9.85. The van der Waals surface area contributed by atoms with Crippen LogP contribution < -0.4 is 15.7 Å². The highest BCUT2D eigenvalue weighted by Gasteiger charge is 2.29. The van der Waals surface area contributed by atoms with E-state index in [9.17, 15) is 9.59 Å². The van der Waals surface area contributed by atoms with Gasteiger partial charge in [0.25, 0.3) is 5.91 Å². The van der Waals surface area contributed by atoms with Crippen molar-refractivity contribution < 1.29 is 14.3 Å². The van der Waals surface area contributed by atoms with E-state index >= 15 is 0 Å². The number of pyridine rings is 1. The fourth-order valence-corrected chi connectivity index (χ4v) is 5.86. The van der Waals surface area contributed by atoms with Crippen LogP contribution in [-0.4, -0.2) is 63.5 Å². The Balaban J connectivity index is 1.42. The van der Waals surface area contributed by atoms with E-state index < -0.39 is 5.91 Å². The minimum Gasteiger partial charge on any atom is -0.476 e. The number of aromatic amines is 1. The highest BCUT2D eigenvalue weighted by Crippen LogP contribution is 2.33. The molecule has 0 spiro atoms. The number of hydrogen-bond acceptors (Lipinski definition) is 6. The molecule has 2 fully saturated rings. The number of H-pyrrole nitrogens is 1. The summed E-state index contributed by atoms with van der Waals surface area (Å²) in [5.41, 5.74) is 2.97. The van der Waals surface area contributed by atoms with Crippen molar-refractivity contribution in [3.8, 4) is 11.9 Å². The first-order valence-electron chi connectivity index (χ1n) is 14.8. The van der Waals surface area contributed by atoms with E-state index in [1.807, 2.05) is 19.9 Å². The standard InChI is InChI=1S/C31H39N7O3/c1-21(2)34-29(39)24-10-12-25(13-11-24)38-27-18-28(41-17-16-37-14-4-3-5-15-37)33-20-26(27)35-31(38)36-30(40)23-8-6-22(19-32)7-9-23/h6-9,18,20-21,24-25H,3-5,10-17H2,1-2H3,(H,34,39)(H,35,36,40). The molecule has 1 aliphatic heterocycles. The summed E-state index contributed by atoms with van der Waals surface area (Å²) in [5.74, 6) is 0.232. The molecule has 1 aliphatic carbocycles. The third-order valence-corrected chi connectivity index (χ3v) is 8.03. The molecule has 1 saturated heterocycles. The fraction of sp³-hybridized carbons (Fsp3) is 0.516. The van der Waals surface area contributed by atoms with Crippen LogP contribution in [0.1, 0.15) is 80.8 Å². The first-order valence-corrected chi connectivity index (χ1v) is 14.8. The van der Waals surface area contributed by atoms with Gasteiger partial charge < -0.3 is 19.6 Å². The highest BCUT2D eigenvalue weighted by molar-refractivity contribution is 5.95. The zero-order chi connectivity index (χ0) is 28.8. The van der Waals surface area contributed by atoms with Crippen molar-refractivity contribution in [3.05, 3.63) is 53.3 Å². The second kappa shape index (κ2) is 13.1. The average Bonchev–Trinajstić information content (AvgIpc) is 3.34. The van der Waals surface area contributed by atoms with Gasteiger partial charge in [-0.1, -0.05) is 6.42 Å². The Bertz CT molecular complexity index is 1470. The molecule has 0 atom stereocenters. The summed E-state index contributed by atoms with van der Waals surface area (Å²) in [5, 5.41) is 12.1. The molecule has 41 heavy (non-hydrogen) atoms. The molecule has 2 amide bonds. The van der Waals surface area contributed by atoms with Gasteiger partial charge in [0.1, 0.15) is 6.61 Å². The minimum absolute atomic E-state index is 0.0181. The zero-order valence-corrected chi connectivity index (χ0v) is 23.9. The Morgan fingerprint density at radius 3 is 2.56 bits per heavy atom. The third kappa shape index (κ3) is 7.03. The van der Waals surface area contributed by atoms with Crippen molar-refractivity contribution in [1.29, 1.82) is 5.26 Å². The number of imidazole rings is 1. The van der Waals surface area contributed by atoms with Crippen molar-refractivity contribution in [1.82, 2.24) is 24.8 Å². The molecule has 0 bridgehead atoms. The van der Waals surface area contributed by atoms with Crippen molar-refractivity contribution in [3.63, 3.8) is 0 Å².